The molecule has 3 saturated carbocycles. The Morgan fingerprint density at radius 2 is 1.90 bits per heavy atom. The molecule has 1 aromatic carbocycles. The van der Waals surface area contributed by atoms with Crippen molar-refractivity contribution in [3.05, 3.63) is 81.5 Å². The molecule has 3 aliphatic rings. The van der Waals surface area contributed by atoms with Crippen molar-refractivity contribution in [1.82, 2.24) is 20.1 Å². The van der Waals surface area contributed by atoms with Gasteiger partial charge in [0.1, 0.15) is 30.5 Å². The van der Waals surface area contributed by atoms with Crippen LogP contribution in [-0.4, -0.2) is 45.9 Å². The number of hydrogen-bond acceptors (Lipinski definition) is 8. The SMILES string of the molecule is C[C@@H]1[C@H]2C[C@@H](C[C@H]1Nc1cnn(CC(=O)NCc3ccncc3OCCOC(=O)c3ccccc3)c(=O)c1Cl)C2(C)C. The van der Waals surface area contributed by atoms with Crippen LogP contribution in [0.3, 0.4) is 0 Å². The van der Waals surface area contributed by atoms with E-state index in [9.17, 15) is 14.4 Å². The molecule has 42 heavy (non-hydrogen) atoms. The maximum Gasteiger partial charge on any atom is 0.338 e. The Hall–Kier alpha value is -3.92. The van der Waals surface area contributed by atoms with Gasteiger partial charge in [0.15, 0.2) is 0 Å². The van der Waals surface area contributed by atoms with Gasteiger partial charge in [-0.05, 0) is 54.2 Å². The molecule has 0 saturated heterocycles. The number of benzene rings is 1. The van der Waals surface area contributed by atoms with Crippen molar-refractivity contribution in [2.75, 3.05) is 18.5 Å². The molecule has 3 fully saturated rings. The Morgan fingerprint density at radius 3 is 2.64 bits per heavy atom. The standard InChI is InChI=1S/C31H36ClN5O5/c1-19-23-13-22(31(23,2)3)14-24(19)36-25-16-35-37(29(39)28(25)32)18-27(38)34-15-21-9-10-33-17-26(21)41-11-12-42-30(40)20-7-5-4-6-8-20/h4-10,16-17,19,22-24,36H,11-15,18H2,1-3H3,(H,34,38)/t19-,22+,23-,24-/m1/s1. The van der Waals surface area contributed by atoms with E-state index in [0.717, 1.165) is 11.1 Å². The van der Waals surface area contributed by atoms with Gasteiger partial charge in [-0.2, -0.15) is 5.10 Å². The van der Waals surface area contributed by atoms with Crippen LogP contribution in [0.4, 0.5) is 5.69 Å². The van der Waals surface area contributed by atoms with E-state index in [0.29, 0.717) is 45.7 Å². The van der Waals surface area contributed by atoms with Gasteiger partial charge >= 0.3 is 5.97 Å². The third-order valence-corrected chi connectivity index (χ3v) is 9.27. The molecule has 10 nitrogen and oxygen atoms in total. The molecule has 0 unspecified atom stereocenters. The summed E-state index contributed by atoms with van der Waals surface area (Å²) < 4.78 is 12.0. The molecule has 3 aromatic rings. The fourth-order valence-corrected chi connectivity index (χ4v) is 6.43. The number of amides is 1. The summed E-state index contributed by atoms with van der Waals surface area (Å²) in [5, 5.41) is 10.5. The van der Waals surface area contributed by atoms with E-state index in [4.69, 9.17) is 21.1 Å². The maximum atomic E-state index is 12.9. The first-order valence-electron chi connectivity index (χ1n) is 14.2. The number of pyridine rings is 1. The zero-order chi connectivity index (χ0) is 29.9. The molecular formula is C31H36ClN5O5. The van der Waals surface area contributed by atoms with Gasteiger partial charge in [0.25, 0.3) is 5.56 Å². The van der Waals surface area contributed by atoms with Crippen LogP contribution >= 0.6 is 11.6 Å². The monoisotopic (exact) mass is 593 g/mol. The van der Waals surface area contributed by atoms with Crippen molar-refractivity contribution in [3.8, 4) is 5.75 Å². The fourth-order valence-electron chi connectivity index (χ4n) is 6.23. The lowest BCUT2D eigenvalue weighted by Crippen LogP contribution is -2.58. The van der Waals surface area contributed by atoms with Crippen LogP contribution in [0.5, 0.6) is 5.75 Å². The number of rotatable bonds is 11. The van der Waals surface area contributed by atoms with Crippen LogP contribution in [0.25, 0.3) is 0 Å². The van der Waals surface area contributed by atoms with Crippen molar-refractivity contribution < 1.29 is 19.1 Å². The normalized spacial score (nSPS) is 22.0. The van der Waals surface area contributed by atoms with Crippen molar-refractivity contribution in [3.63, 3.8) is 0 Å². The minimum Gasteiger partial charge on any atom is -0.488 e. The lowest BCUT2D eigenvalue weighted by atomic mass is 9.45. The first-order chi connectivity index (χ1) is 20.1. The second-order valence-corrected chi connectivity index (χ2v) is 12.0. The van der Waals surface area contributed by atoms with Crippen LogP contribution in [0.15, 0.2) is 59.8 Å². The Bertz CT molecular complexity index is 1490. The van der Waals surface area contributed by atoms with E-state index in [2.05, 4.69) is 41.5 Å². The predicted molar refractivity (Wildman–Crippen MR) is 158 cm³/mol. The highest BCUT2D eigenvalue weighted by Crippen LogP contribution is 2.61. The van der Waals surface area contributed by atoms with Crippen molar-refractivity contribution in [1.29, 1.82) is 0 Å². The van der Waals surface area contributed by atoms with E-state index in [-0.39, 0.29) is 37.4 Å². The Kier molecular flexibility index (Phi) is 8.82. The molecule has 0 spiro atoms. The summed E-state index contributed by atoms with van der Waals surface area (Å²) in [5.74, 6) is 1.36. The van der Waals surface area contributed by atoms with Crippen molar-refractivity contribution in [2.45, 2.75) is 52.7 Å². The van der Waals surface area contributed by atoms with E-state index < -0.39 is 17.4 Å². The third-order valence-electron chi connectivity index (χ3n) is 8.90. The zero-order valence-electron chi connectivity index (χ0n) is 24.0. The molecule has 1 amide bonds. The number of anilines is 1. The van der Waals surface area contributed by atoms with Crippen molar-refractivity contribution in [2.24, 2.45) is 23.2 Å². The molecule has 222 valence electrons. The second kappa shape index (κ2) is 12.5. The number of nitrogens with one attached hydrogen (secondary N) is 2. The van der Waals surface area contributed by atoms with Gasteiger partial charge in [-0.1, -0.05) is 50.6 Å². The molecule has 0 aliphatic heterocycles. The van der Waals surface area contributed by atoms with E-state index in [1.807, 2.05) is 6.07 Å². The highest BCUT2D eigenvalue weighted by Gasteiger charge is 2.56. The molecule has 2 aromatic heterocycles. The number of esters is 1. The van der Waals surface area contributed by atoms with Crippen LogP contribution < -0.4 is 20.9 Å². The molecule has 0 radical (unpaired) electrons. The lowest BCUT2D eigenvalue weighted by Gasteiger charge is -2.62. The molecule has 3 aliphatic carbocycles. The summed E-state index contributed by atoms with van der Waals surface area (Å²) in [6.45, 7) is 6.96. The summed E-state index contributed by atoms with van der Waals surface area (Å²) in [5.41, 5.74) is 1.47. The number of fused-ring (bicyclic) bond motifs is 2. The number of carbonyl (C=O) groups is 2. The van der Waals surface area contributed by atoms with Crippen molar-refractivity contribution >= 4 is 29.2 Å². The highest BCUT2D eigenvalue weighted by atomic mass is 35.5. The summed E-state index contributed by atoms with van der Waals surface area (Å²) in [7, 11) is 0. The predicted octanol–water partition coefficient (Wildman–Crippen LogP) is 4.33. The van der Waals surface area contributed by atoms with E-state index >= 15 is 0 Å². The number of halogens is 1. The van der Waals surface area contributed by atoms with Gasteiger partial charge < -0.3 is 20.1 Å². The average molecular weight is 594 g/mol. The summed E-state index contributed by atoms with van der Waals surface area (Å²) in [4.78, 5) is 41.8. The van der Waals surface area contributed by atoms with Gasteiger partial charge in [0.2, 0.25) is 5.91 Å². The second-order valence-electron chi connectivity index (χ2n) is 11.7. The van der Waals surface area contributed by atoms with Crippen LogP contribution in [-0.2, 0) is 22.6 Å². The minimum absolute atomic E-state index is 0.0290. The number of ether oxygens (including phenoxy) is 2. The molecule has 4 atom stereocenters. The average Bonchev–Trinajstić information content (AvgIpc) is 2.99. The molecule has 2 heterocycles. The largest absolute Gasteiger partial charge is 0.488 e. The summed E-state index contributed by atoms with van der Waals surface area (Å²) >= 11 is 6.44. The number of carbonyl (C=O) groups excluding carboxylic acids is 2. The zero-order valence-corrected chi connectivity index (χ0v) is 24.8. The number of hydrogen-bond donors (Lipinski definition) is 2. The topological polar surface area (TPSA) is 124 Å². The Balaban J connectivity index is 1.11. The molecule has 2 N–H and O–H groups in total. The summed E-state index contributed by atoms with van der Waals surface area (Å²) in [6.07, 6.45) is 6.92. The third kappa shape index (κ3) is 6.28. The van der Waals surface area contributed by atoms with Gasteiger partial charge in [-0.3, -0.25) is 14.6 Å². The Labute approximate surface area is 249 Å². The molecule has 6 rings (SSSR count). The molecule has 2 bridgehead atoms. The van der Waals surface area contributed by atoms with Gasteiger partial charge in [-0.25, -0.2) is 9.48 Å². The van der Waals surface area contributed by atoms with Crippen LogP contribution in [0.1, 0.15) is 49.5 Å². The molecular weight excluding hydrogens is 558 g/mol. The first-order valence-corrected chi connectivity index (χ1v) is 14.6. The lowest BCUT2D eigenvalue weighted by molar-refractivity contribution is -0.122. The van der Waals surface area contributed by atoms with Crippen LogP contribution in [0.2, 0.25) is 5.02 Å². The fraction of sp³-hybridized carbons (Fsp3) is 0.452. The smallest absolute Gasteiger partial charge is 0.338 e. The van der Waals surface area contributed by atoms with Gasteiger partial charge in [0.05, 0.1) is 23.6 Å². The van der Waals surface area contributed by atoms with Crippen LogP contribution in [0, 0.1) is 23.2 Å². The maximum absolute atomic E-state index is 12.9. The number of nitrogens with zero attached hydrogens (tertiary/aromatic N) is 3. The Morgan fingerprint density at radius 1 is 1.12 bits per heavy atom. The van der Waals surface area contributed by atoms with Gasteiger partial charge in [-0.15, -0.1) is 0 Å². The first kappa shape index (κ1) is 29.6. The quantitative estimate of drug-likeness (QED) is 0.249. The molecule has 11 heteroatoms. The van der Waals surface area contributed by atoms with E-state index in [1.54, 1.807) is 36.5 Å². The number of aromatic nitrogens is 3. The highest BCUT2D eigenvalue weighted by molar-refractivity contribution is 6.32. The summed E-state index contributed by atoms with van der Waals surface area (Å²) in [6, 6.07) is 10.6. The van der Waals surface area contributed by atoms with E-state index in [1.165, 1.54) is 18.8 Å². The minimum atomic E-state index is -0.524. The van der Waals surface area contributed by atoms with Gasteiger partial charge in [0, 0.05) is 24.3 Å².